The van der Waals surface area contributed by atoms with Crippen LogP contribution in [-0.4, -0.2) is 70.1 Å². The molecule has 0 radical (unpaired) electrons. The Bertz CT molecular complexity index is 353. The molecule has 0 bridgehead atoms. The lowest BCUT2D eigenvalue weighted by Gasteiger charge is -2.41. The van der Waals surface area contributed by atoms with E-state index >= 15 is 0 Å². The minimum Gasteiger partial charge on any atom is -0.394 e. The molecule has 6 N–H and O–H groups in total. The number of aliphatic hydroxyl groups excluding tert-OH is 3. The van der Waals surface area contributed by atoms with E-state index in [-0.39, 0.29) is 10.4 Å². The van der Waals surface area contributed by atoms with Gasteiger partial charge in [-0.3, -0.25) is 0 Å². The van der Waals surface area contributed by atoms with E-state index in [0.717, 1.165) is 0 Å². The normalized spacial score (nSPS) is 36.1. The second kappa shape index (κ2) is 7.29. The van der Waals surface area contributed by atoms with Crippen LogP contribution >= 0.6 is 23.8 Å². The summed E-state index contributed by atoms with van der Waals surface area (Å²) in [4.78, 5) is 3.57. The van der Waals surface area contributed by atoms with Gasteiger partial charge in [0.1, 0.15) is 24.4 Å². The number of ether oxygens (including phenoxy) is 2. The van der Waals surface area contributed by atoms with Gasteiger partial charge in [-0.1, -0.05) is 0 Å². The second-order valence-electron chi connectivity index (χ2n) is 3.85. The minimum atomic E-state index is -1.30. The third-order valence-corrected chi connectivity index (χ3v) is 2.91. The van der Waals surface area contributed by atoms with Crippen molar-refractivity contribution in [2.45, 2.75) is 30.6 Å². The van der Waals surface area contributed by atoms with Crippen molar-refractivity contribution in [1.29, 1.82) is 0 Å². The average molecular weight is 314 g/mol. The molecule has 0 aromatic rings. The molecule has 1 fully saturated rings. The van der Waals surface area contributed by atoms with Gasteiger partial charge in [-0.25, -0.2) is 0 Å². The maximum absolute atomic E-state index is 9.97. The summed E-state index contributed by atoms with van der Waals surface area (Å²) in [6, 6.07) is -0.880. The third kappa shape index (κ3) is 4.21. The summed E-state index contributed by atoms with van der Waals surface area (Å²) < 4.78 is 10.3. The highest BCUT2D eigenvalue weighted by Crippen LogP contribution is 2.21. The van der Waals surface area contributed by atoms with E-state index < -0.39 is 37.3 Å². The van der Waals surface area contributed by atoms with Crippen LogP contribution in [0.5, 0.6) is 0 Å². The number of methoxy groups -OCH3 is 1. The van der Waals surface area contributed by atoms with E-state index in [0.29, 0.717) is 0 Å². The van der Waals surface area contributed by atoms with Crippen molar-refractivity contribution in [3.8, 4) is 0 Å². The minimum absolute atomic E-state index is 0.0863. The number of amidine groups is 1. The van der Waals surface area contributed by atoms with Gasteiger partial charge >= 0.3 is 0 Å². The number of halogens is 1. The molecule has 0 aliphatic carbocycles. The second-order valence-corrected chi connectivity index (χ2v) is 4.63. The first-order valence-electron chi connectivity index (χ1n) is 5.36. The van der Waals surface area contributed by atoms with Gasteiger partial charge in [0.15, 0.2) is 16.7 Å². The van der Waals surface area contributed by atoms with Crippen molar-refractivity contribution >= 4 is 34.2 Å². The van der Waals surface area contributed by atoms with Crippen LogP contribution in [0.1, 0.15) is 0 Å². The lowest BCUT2D eigenvalue weighted by Crippen LogP contribution is -2.64. The van der Waals surface area contributed by atoms with Crippen molar-refractivity contribution in [1.82, 2.24) is 5.32 Å². The van der Waals surface area contributed by atoms with E-state index in [1.54, 1.807) is 0 Å². The average Bonchev–Trinajstić information content (AvgIpc) is 2.34. The van der Waals surface area contributed by atoms with Crippen LogP contribution in [-0.2, 0) is 9.47 Å². The molecule has 0 saturated carbocycles. The number of hydrogen-bond acceptors (Lipinski definition) is 6. The predicted octanol–water partition coefficient (Wildman–Crippen LogP) is -2.13. The molecular weight excluding hydrogens is 298 g/mol. The van der Waals surface area contributed by atoms with Crippen molar-refractivity contribution in [3.63, 3.8) is 0 Å². The summed E-state index contributed by atoms with van der Waals surface area (Å²) in [5.41, 5.74) is 5.15. The summed E-state index contributed by atoms with van der Waals surface area (Å²) in [5.74, 6) is 0. The lowest BCUT2D eigenvalue weighted by molar-refractivity contribution is -0.260. The Morgan fingerprint density at radius 1 is 1.53 bits per heavy atom. The number of aliphatic imine (C=N–C) groups is 1. The number of nitrogens with two attached hydrogens (primary N) is 1. The molecule has 1 heterocycles. The molecule has 0 aromatic carbocycles. The fraction of sp³-hybridized carbons (Fsp3) is 0.778. The van der Waals surface area contributed by atoms with Crippen molar-refractivity contribution in [2.24, 2.45) is 10.7 Å². The van der Waals surface area contributed by atoms with Gasteiger partial charge in [-0.05, 0) is 23.8 Å². The Balaban J connectivity index is 2.79. The highest BCUT2D eigenvalue weighted by atomic mass is 35.5. The fourth-order valence-electron chi connectivity index (χ4n) is 1.71. The fourth-order valence-corrected chi connectivity index (χ4v) is 2.08. The molecule has 1 aliphatic heterocycles. The number of thiocarbonyl (C=S) groups is 1. The maximum Gasteiger partial charge on any atom is 0.196 e. The quantitative estimate of drug-likeness (QED) is 0.173. The first kappa shape index (κ1) is 16.5. The molecule has 1 rings (SSSR count). The van der Waals surface area contributed by atoms with Gasteiger partial charge in [0.05, 0.1) is 6.61 Å². The number of rotatable bonds is 3. The van der Waals surface area contributed by atoms with E-state index in [1.807, 2.05) is 0 Å². The van der Waals surface area contributed by atoms with Crippen LogP contribution in [0.2, 0.25) is 0 Å². The monoisotopic (exact) mass is 313 g/mol. The zero-order valence-electron chi connectivity index (χ0n) is 10.1. The van der Waals surface area contributed by atoms with Gasteiger partial charge in [0.2, 0.25) is 0 Å². The molecule has 1 saturated heterocycles. The molecule has 0 unspecified atom stereocenters. The lowest BCUT2D eigenvalue weighted by atomic mass is 9.97. The number of nitrogens with zero attached hydrogens (tertiary/aromatic N) is 1. The molecule has 0 spiro atoms. The molecule has 0 amide bonds. The van der Waals surface area contributed by atoms with E-state index in [1.165, 1.54) is 7.11 Å². The van der Waals surface area contributed by atoms with Crippen molar-refractivity contribution < 1.29 is 24.8 Å². The predicted molar refractivity (Wildman–Crippen MR) is 71.8 cm³/mol. The van der Waals surface area contributed by atoms with Crippen LogP contribution in [0.15, 0.2) is 4.99 Å². The summed E-state index contributed by atoms with van der Waals surface area (Å²) in [5, 5.41) is 31.0. The van der Waals surface area contributed by atoms with Gasteiger partial charge in [-0.2, -0.15) is 4.99 Å². The molecule has 10 heteroatoms. The molecular formula is C9H16ClN3O5S. The standard InChI is InChI=1S/C9H16ClN3O5S/c1-17-7-4(12-9(19)13-8(10)11)6(16)5(15)3(2-14)18-7/h3-7,14-16H,2H2,1H3,(H3,11,12,13,19)/t3-,4-,5+,6-,7+/m1/s1. The third-order valence-electron chi connectivity index (χ3n) is 2.61. The zero-order valence-corrected chi connectivity index (χ0v) is 11.6. The maximum atomic E-state index is 9.97. The summed E-state index contributed by atoms with van der Waals surface area (Å²) >= 11 is 10.2. The van der Waals surface area contributed by atoms with Crippen molar-refractivity contribution in [2.75, 3.05) is 13.7 Å². The highest BCUT2D eigenvalue weighted by Gasteiger charge is 2.44. The highest BCUT2D eigenvalue weighted by molar-refractivity contribution is 7.80. The van der Waals surface area contributed by atoms with E-state index in [4.69, 9.17) is 44.1 Å². The van der Waals surface area contributed by atoms with E-state index in [9.17, 15) is 10.2 Å². The first-order chi connectivity index (χ1) is 8.90. The number of hydrogen-bond donors (Lipinski definition) is 5. The Kier molecular flexibility index (Phi) is 6.33. The van der Waals surface area contributed by atoms with Crippen LogP contribution in [0.4, 0.5) is 0 Å². The summed E-state index contributed by atoms with van der Waals surface area (Å²) in [6.07, 6.45) is -4.46. The van der Waals surface area contributed by atoms with E-state index in [2.05, 4.69) is 10.3 Å². The van der Waals surface area contributed by atoms with Gasteiger partial charge < -0.3 is 35.8 Å². The zero-order chi connectivity index (χ0) is 14.6. The first-order valence-corrected chi connectivity index (χ1v) is 6.14. The van der Waals surface area contributed by atoms with Gasteiger partial charge in [-0.15, -0.1) is 0 Å². The summed E-state index contributed by atoms with van der Waals surface area (Å²) in [7, 11) is 1.35. The Morgan fingerprint density at radius 2 is 2.16 bits per heavy atom. The topological polar surface area (TPSA) is 130 Å². The molecule has 19 heavy (non-hydrogen) atoms. The Morgan fingerprint density at radius 3 is 2.63 bits per heavy atom. The van der Waals surface area contributed by atoms with Crippen LogP contribution < -0.4 is 11.1 Å². The largest absolute Gasteiger partial charge is 0.394 e. The van der Waals surface area contributed by atoms with Crippen LogP contribution in [0, 0.1) is 0 Å². The molecule has 0 aromatic heterocycles. The van der Waals surface area contributed by atoms with Crippen molar-refractivity contribution in [3.05, 3.63) is 0 Å². The van der Waals surface area contributed by atoms with Crippen LogP contribution in [0.3, 0.4) is 0 Å². The SMILES string of the molecule is CO[C@H]1O[C@H](CO)[C@H](O)[C@H](O)[C@H]1NC(=S)/N=C(\N)Cl. The van der Waals surface area contributed by atoms with Gasteiger partial charge in [0, 0.05) is 7.11 Å². The molecule has 8 nitrogen and oxygen atoms in total. The van der Waals surface area contributed by atoms with Crippen LogP contribution in [0.25, 0.3) is 0 Å². The number of nitrogens with one attached hydrogen (secondary N) is 1. The number of aliphatic hydroxyl groups is 3. The Hall–Kier alpha value is -0.550. The molecule has 1 aliphatic rings. The Labute approximate surface area is 120 Å². The molecule has 110 valence electrons. The molecule has 5 atom stereocenters. The smallest absolute Gasteiger partial charge is 0.196 e. The van der Waals surface area contributed by atoms with Gasteiger partial charge in [0.25, 0.3) is 0 Å². The summed E-state index contributed by atoms with van der Waals surface area (Å²) in [6.45, 7) is -0.456.